The van der Waals surface area contributed by atoms with Gasteiger partial charge in [-0.05, 0) is 81.8 Å². The summed E-state index contributed by atoms with van der Waals surface area (Å²) in [6.45, 7) is 8.50. The van der Waals surface area contributed by atoms with Gasteiger partial charge in [-0.3, -0.25) is 4.79 Å². The molecule has 152 valence electrons. The van der Waals surface area contributed by atoms with Crippen molar-refractivity contribution in [3.8, 4) is 11.4 Å². The topological polar surface area (TPSA) is 69.0 Å². The van der Waals surface area contributed by atoms with Crippen LogP contribution in [0.5, 0.6) is 5.75 Å². The molecule has 0 radical (unpaired) electrons. The van der Waals surface area contributed by atoms with Crippen molar-refractivity contribution < 1.29 is 9.53 Å². The Morgan fingerprint density at radius 3 is 2.20 bits per heavy atom. The van der Waals surface area contributed by atoms with Gasteiger partial charge >= 0.3 is 0 Å². The number of ether oxygens (including phenoxy) is 1. The van der Waals surface area contributed by atoms with Crippen molar-refractivity contribution in [1.82, 2.24) is 15.0 Å². The number of amides is 1. The number of fused-ring (bicyclic) bond motifs is 1. The molecule has 0 atom stereocenters. The second kappa shape index (κ2) is 7.99. The summed E-state index contributed by atoms with van der Waals surface area (Å²) in [6.07, 6.45) is 0. The van der Waals surface area contributed by atoms with Crippen LogP contribution in [0.15, 0.2) is 54.6 Å². The molecule has 6 heteroatoms. The minimum absolute atomic E-state index is 0.136. The van der Waals surface area contributed by atoms with Gasteiger partial charge in [-0.2, -0.15) is 4.80 Å². The summed E-state index contributed by atoms with van der Waals surface area (Å²) >= 11 is 0. The zero-order chi connectivity index (χ0) is 21.3. The molecular formula is C24H24N4O2. The first kappa shape index (κ1) is 19.6. The van der Waals surface area contributed by atoms with Gasteiger partial charge in [0, 0.05) is 11.3 Å². The lowest BCUT2D eigenvalue weighted by atomic mass is 10.1. The van der Waals surface area contributed by atoms with E-state index in [9.17, 15) is 4.79 Å². The number of aryl methyl sites for hydroxylation is 3. The fraction of sp³-hybridized carbons (Fsp3) is 0.208. The van der Waals surface area contributed by atoms with E-state index in [0.29, 0.717) is 17.7 Å². The summed E-state index contributed by atoms with van der Waals surface area (Å²) < 4.78 is 5.48. The van der Waals surface area contributed by atoms with Crippen LogP contribution >= 0.6 is 0 Å². The molecule has 6 nitrogen and oxygen atoms in total. The Kier molecular flexibility index (Phi) is 5.23. The van der Waals surface area contributed by atoms with E-state index in [1.807, 2.05) is 82.3 Å². The second-order valence-corrected chi connectivity index (χ2v) is 7.40. The summed E-state index contributed by atoms with van der Waals surface area (Å²) in [5, 5.41) is 12.2. The van der Waals surface area contributed by atoms with Gasteiger partial charge in [0.15, 0.2) is 0 Å². The van der Waals surface area contributed by atoms with Crippen LogP contribution in [0, 0.1) is 20.8 Å². The van der Waals surface area contributed by atoms with Crippen LogP contribution in [0.2, 0.25) is 0 Å². The van der Waals surface area contributed by atoms with Crippen LogP contribution < -0.4 is 10.1 Å². The molecule has 1 heterocycles. The molecule has 0 aliphatic carbocycles. The van der Waals surface area contributed by atoms with Gasteiger partial charge in [-0.1, -0.05) is 17.2 Å². The van der Waals surface area contributed by atoms with Crippen molar-refractivity contribution in [2.24, 2.45) is 0 Å². The van der Waals surface area contributed by atoms with Crippen molar-refractivity contribution in [2.75, 3.05) is 11.9 Å². The van der Waals surface area contributed by atoms with Crippen LogP contribution in [0.25, 0.3) is 16.7 Å². The number of carbonyl (C=O) groups excluding carboxylic acids is 1. The van der Waals surface area contributed by atoms with E-state index in [0.717, 1.165) is 39.3 Å². The molecule has 0 aliphatic heterocycles. The van der Waals surface area contributed by atoms with E-state index in [-0.39, 0.29) is 5.91 Å². The Balaban J connectivity index is 1.62. The van der Waals surface area contributed by atoms with Crippen LogP contribution in [0.1, 0.15) is 34.0 Å². The molecule has 3 aromatic carbocycles. The van der Waals surface area contributed by atoms with E-state index in [1.54, 1.807) is 4.80 Å². The van der Waals surface area contributed by atoms with Crippen molar-refractivity contribution in [2.45, 2.75) is 27.7 Å². The largest absolute Gasteiger partial charge is 0.494 e. The van der Waals surface area contributed by atoms with Gasteiger partial charge in [-0.25, -0.2) is 0 Å². The van der Waals surface area contributed by atoms with Gasteiger partial charge in [0.1, 0.15) is 16.8 Å². The van der Waals surface area contributed by atoms with Crippen molar-refractivity contribution in [1.29, 1.82) is 0 Å². The standard InChI is InChI=1S/C24H24N4O2/c1-5-30-20-8-6-19(7-9-20)28-26-22-13-17(4)21(14-23(22)27-28)25-24(29)18-11-15(2)10-16(3)12-18/h6-14H,5H2,1-4H3,(H,25,29). The Morgan fingerprint density at radius 2 is 1.57 bits per heavy atom. The van der Waals surface area contributed by atoms with Crippen LogP contribution in [0.4, 0.5) is 5.69 Å². The highest BCUT2D eigenvalue weighted by molar-refractivity contribution is 6.05. The van der Waals surface area contributed by atoms with E-state index in [2.05, 4.69) is 15.5 Å². The predicted molar refractivity (Wildman–Crippen MR) is 119 cm³/mol. The fourth-order valence-electron chi connectivity index (χ4n) is 3.46. The molecule has 30 heavy (non-hydrogen) atoms. The third-order valence-corrected chi connectivity index (χ3v) is 4.84. The van der Waals surface area contributed by atoms with Gasteiger partial charge in [-0.15, -0.1) is 10.2 Å². The van der Waals surface area contributed by atoms with Crippen molar-refractivity contribution in [3.63, 3.8) is 0 Å². The fourth-order valence-corrected chi connectivity index (χ4v) is 3.46. The number of aromatic nitrogens is 3. The lowest BCUT2D eigenvalue weighted by Gasteiger charge is -2.09. The third-order valence-electron chi connectivity index (χ3n) is 4.84. The average molecular weight is 400 g/mol. The number of rotatable bonds is 5. The number of nitrogens with zero attached hydrogens (tertiary/aromatic N) is 3. The highest BCUT2D eigenvalue weighted by Crippen LogP contribution is 2.23. The molecule has 1 N–H and O–H groups in total. The molecule has 0 saturated heterocycles. The Morgan fingerprint density at radius 1 is 0.933 bits per heavy atom. The number of benzene rings is 3. The number of anilines is 1. The zero-order valence-electron chi connectivity index (χ0n) is 17.6. The molecule has 1 aromatic heterocycles. The zero-order valence-corrected chi connectivity index (χ0v) is 17.6. The minimum Gasteiger partial charge on any atom is -0.494 e. The van der Waals surface area contributed by atoms with Gasteiger partial charge in [0.2, 0.25) is 0 Å². The summed E-state index contributed by atoms with van der Waals surface area (Å²) in [5.74, 6) is 0.674. The van der Waals surface area contributed by atoms with E-state index >= 15 is 0 Å². The first-order chi connectivity index (χ1) is 14.4. The number of nitrogens with one attached hydrogen (secondary N) is 1. The SMILES string of the molecule is CCOc1ccc(-n2nc3cc(C)c(NC(=O)c4cc(C)cc(C)c4)cc3n2)cc1. The molecule has 4 aromatic rings. The maximum Gasteiger partial charge on any atom is 0.255 e. The highest BCUT2D eigenvalue weighted by atomic mass is 16.5. The monoisotopic (exact) mass is 400 g/mol. The highest BCUT2D eigenvalue weighted by Gasteiger charge is 2.12. The smallest absolute Gasteiger partial charge is 0.255 e. The molecule has 0 bridgehead atoms. The Labute approximate surface area is 175 Å². The summed E-state index contributed by atoms with van der Waals surface area (Å²) in [4.78, 5) is 14.3. The summed E-state index contributed by atoms with van der Waals surface area (Å²) in [7, 11) is 0. The first-order valence-electron chi connectivity index (χ1n) is 9.93. The van der Waals surface area contributed by atoms with Gasteiger partial charge in [0.05, 0.1) is 12.3 Å². The first-order valence-corrected chi connectivity index (χ1v) is 9.93. The van der Waals surface area contributed by atoms with E-state index in [4.69, 9.17) is 4.74 Å². The molecule has 0 spiro atoms. The number of carbonyl (C=O) groups is 1. The van der Waals surface area contributed by atoms with E-state index in [1.165, 1.54) is 0 Å². The van der Waals surface area contributed by atoms with Crippen LogP contribution in [-0.2, 0) is 0 Å². The lowest BCUT2D eigenvalue weighted by Crippen LogP contribution is -2.13. The second-order valence-electron chi connectivity index (χ2n) is 7.40. The van der Waals surface area contributed by atoms with Crippen LogP contribution in [0.3, 0.4) is 0 Å². The minimum atomic E-state index is -0.136. The maximum atomic E-state index is 12.8. The van der Waals surface area contributed by atoms with Gasteiger partial charge < -0.3 is 10.1 Å². The Hall–Kier alpha value is -3.67. The maximum absolute atomic E-state index is 12.8. The molecule has 0 saturated carbocycles. The summed E-state index contributed by atoms with van der Waals surface area (Å²) in [6, 6.07) is 17.2. The predicted octanol–water partition coefficient (Wildman–Crippen LogP) is 5.00. The molecule has 4 rings (SSSR count). The molecule has 0 fully saturated rings. The lowest BCUT2D eigenvalue weighted by molar-refractivity contribution is 0.102. The average Bonchev–Trinajstić information content (AvgIpc) is 3.11. The molecule has 0 unspecified atom stereocenters. The number of hydrogen-bond acceptors (Lipinski definition) is 4. The van der Waals surface area contributed by atoms with Crippen molar-refractivity contribution in [3.05, 3.63) is 76.9 Å². The van der Waals surface area contributed by atoms with Gasteiger partial charge in [0.25, 0.3) is 5.91 Å². The third kappa shape index (κ3) is 4.03. The molecular weight excluding hydrogens is 376 g/mol. The Bertz CT molecular complexity index is 1210. The number of hydrogen-bond donors (Lipinski definition) is 1. The van der Waals surface area contributed by atoms with Crippen LogP contribution in [-0.4, -0.2) is 27.5 Å². The van der Waals surface area contributed by atoms with E-state index < -0.39 is 0 Å². The molecule has 1 amide bonds. The quantitative estimate of drug-likeness (QED) is 0.512. The normalized spacial score (nSPS) is 10.9. The summed E-state index contributed by atoms with van der Waals surface area (Å²) in [5.41, 5.74) is 6.75. The molecule has 0 aliphatic rings. The van der Waals surface area contributed by atoms with Crippen molar-refractivity contribution >= 4 is 22.6 Å².